The predicted octanol–water partition coefficient (Wildman–Crippen LogP) is 1.67. The van der Waals surface area contributed by atoms with E-state index < -0.39 is 5.97 Å². The average Bonchev–Trinajstić information content (AvgIpc) is 2.29. The van der Waals surface area contributed by atoms with E-state index in [1.807, 2.05) is 12.1 Å². The Bertz CT molecular complexity index is 457. The van der Waals surface area contributed by atoms with E-state index in [4.69, 9.17) is 5.26 Å². The fourth-order valence-electron chi connectivity index (χ4n) is 1.09. The first kappa shape index (κ1) is 11.8. The molecule has 0 N–H and O–H groups in total. The summed E-state index contributed by atoms with van der Waals surface area (Å²) < 4.78 is 4.67. The van der Waals surface area contributed by atoms with Gasteiger partial charge in [0, 0.05) is 11.5 Å². The minimum absolute atomic E-state index is 0.328. The summed E-state index contributed by atoms with van der Waals surface area (Å²) >= 11 is 0. The van der Waals surface area contributed by atoms with Crippen LogP contribution in [0.25, 0.3) is 0 Å². The van der Waals surface area contributed by atoms with Crippen LogP contribution in [0.2, 0.25) is 0 Å². The molecule has 0 fully saturated rings. The molecule has 3 nitrogen and oxygen atoms in total. The fraction of sp³-hybridized carbons (Fsp3) is 0.231. The van der Waals surface area contributed by atoms with E-state index >= 15 is 0 Å². The van der Waals surface area contributed by atoms with Crippen LogP contribution in [0.3, 0.4) is 0 Å². The third kappa shape index (κ3) is 3.86. The third-order valence-electron chi connectivity index (χ3n) is 1.82. The molecule has 0 saturated carbocycles. The van der Waals surface area contributed by atoms with Gasteiger partial charge in [-0.05, 0) is 24.6 Å². The minimum atomic E-state index is -0.524. The second-order valence-electron chi connectivity index (χ2n) is 3.00. The molecule has 0 aliphatic heterocycles. The largest absolute Gasteiger partial charge is 0.456 e. The van der Waals surface area contributed by atoms with Gasteiger partial charge in [-0.25, -0.2) is 4.79 Å². The van der Waals surface area contributed by atoms with Crippen molar-refractivity contribution in [1.29, 1.82) is 5.26 Å². The van der Waals surface area contributed by atoms with Gasteiger partial charge in [-0.3, -0.25) is 0 Å². The summed E-state index contributed by atoms with van der Waals surface area (Å²) in [6, 6.07) is 9.25. The van der Waals surface area contributed by atoms with Crippen molar-refractivity contribution < 1.29 is 9.53 Å². The number of ether oxygens (including phenoxy) is 1. The van der Waals surface area contributed by atoms with Crippen LogP contribution in [-0.4, -0.2) is 12.6 Å². The number of nitrogens with zero attached hydrogens (tertiary/aromatic N) is 1. The lowest BCUT2D eigenvalue weighted by Gasteiger charge is -1.94. The lowest BCUT2D eigenvalue weighted by Crippen LogP contribution is -1.99. The predicted molar refractivity (Wildman–Crippen MR) is 59.3 cm³/mol. The Hall–Kier alpha value is -2.26. The molecule has 3 heteroatoms. The van der Waals surface area contributed by atoms with E-state index in [1.165, 1.54) is 0 Å². The highest BCUT2D eigenvalue weighted by molar-refractivity contribution is 5.89. The molecular formula is C13H11NO2. The molecule has 0 aromatic heterocycles. The summed E-state index contributed by atoms with van der Waals surface area (Å²) in [6.07, 6.45) is 0.381. The maximum Gasteiger partial charge on any atom is 0.384 e. The zero-order valence-electron chi connectivity index (χ0n) is 8.99. The van der Waals surface area contributed by atoms with E-state index in [9.17, 15) is 4.79 Å². The zero-order chi connectivity index (χ0) is 11.8. The van der Waals surface area contributed by atoms with Crippen molar-refractivity contribution >= 4 is 5.97 Å². The van der Waals surface area contributed by atoms with Crippen LogP contribution >= 0.6 is 0 Å². The number of benzene rings is 1. The van der Waals surface area contributed by atoms with E-state index in [2.05, 4.69) is 22.6 Å². The lowest BCUT2D eigenvalue weighted by atomic mass is 10.1. The maximum absolute atomic E-state index is 10.9. The number of hydrogen-bond acceptors (Lipinski definition) is 3. The Kier molecular flexibility index (Phi) is 4.63. The highest BCUT2D eigenvalue weighted by Crippen LogP contribution is 2.03. The average molecular weight is 213 g/mol. The Morgan fingerprint density at radius 1 is 1.38 bits per heavy atom. The smallest absolute Gasteiger partial charge is 0.384 e. The number of rotatable bonds is 2. The normalized spacial score (nSPS) is 8.50. The van der Waals surface area contributed by atoms with Crippen molar-refractivity contribution in [1.82, 2.24) is 0 Å². The molecule has 0 atom stereocenters. The summed E-state index contributed by atoms with van der Waals surface area (Å²) in [5.74, 6) is 4.54. The zero-order valence-corrected chi connectivity index (χ0v) is 8.99. The first-order chi connectivity index (χ1) is 7.76. The van der Waals surface area contributed by atoms with E-state index in [-0.39, 0.29) is 0 Å². The van der Waals surface area contributed by atoms with Crippen LogP contribution < -0.4 is 0 Å². The summed E-state index contributed by atoms with van der Waals surface area (Å²) in [4.78, 5) is 10.9. The van der Waals surface area contributed by atoms with Gasteiger partial charge in [-0.2, -0.15) is 5.26 Å². The SMILES string of the molecule is CCOC(=O)C#Cc1ccc(CC#N)cc1. The van der Waals surface area contributed by atoms with Gasteiger partial charge in [0.15, 0.2) is 0 Å². The second kappa shape index (κ2) is 6.27. The number of esters is 1. The molecule has 0 saturated heterocycles. The fourth-order valence-corrected chi connectivity index (χ4v) is 1.09. The van der Waals surface area contributed by atoms with Gasteiger partial charge >= 0.3 is 5.97 Å². The van der Waals surface area contributed by atoms with Gasteiger partial charge in [0.2, 0.25) is 0 Å². The monoisotopic (exact) mass is 213 g/mol. The number of hydrogen-bond donors (Lipinski definition) is 0. The summed E-state index contributed by atoms with van der Waals surface area (Å²) in [5, 5.41) is 8.49. The molecule has 1 aromatic carbocycles. The number of nitriles is 1. The molecular weight excluding hydrogens is 202 g/mol. The van der Waals surface area contributed by atoms with Crippen molar-refractivity contribution in [3.05, 3.63) is 35.4 Å². The van der Waals surface area contributed by atoms with Crippen molar-refractivity contribution in [3.8, 4) is 17.9 Å². The highest BCUT2D eigenvalue weighted by Gasteiger charge is 1.94. The summed E-state index contributed by atoms with van der Waals surface area (Å²) in [5.41, 5.74) is 1.67. The molecule has 0 spiro atoms. The van der Waals surface area contributed by atoms with Crippen LogP contribution in [0.5, 0.6) is 0 Å². The standard InChI is InChI=1S/C13H11NO2/c1-2-16-13(15)8-7-11-3-5-12(6-4-11)9-10-14/h3-6H,2,9H2,1H3. The molecule has 1 rings (SSSR count). The highest BCUT2D eigenvalue weighted by atomic mass is 16.5. The summed E-state index contributed by atoms with van der Waals surface area (Å²) in [7, 11) is 0. The minimum Gasteiger partial charge on any atom is -0.456 e. The quantitative estimate of drug-likeness (QED) is 0.554. The molecule has 0 unspecified atom stereocenters. The molecule has 0 heterocycles. The van der Waals surface area contributed by atoms with Gasteiger partial charge < -0.3 is 4.74 Å². The molecule has 0 radical (unpaired) electrons. The van der Waals surface area contributed by atoms with E-state index in [0.717, 1.165) is 11.1 Å². The van der Waals surface area contributed by atoms with Crippen LogP contribution in [-0.2, 0) is 16.0 Å². The van der Waals surface area contributed by atoms with E-state index in [1.54, 1.807) is 19.1 Å². The molecule has 0 amide bonds. The van der Waals surface area contributed by atoms with Crippen molar-refractivity contribution in [2.24, 2.45) is 0 Å². The number of carbonyl (C=O) groups is 1. The van der Waals surface area contributed by atoms with Gasteiger partial charge in [-0.1, -0.05) is 18.1 Å². The van der Waals surface area contributed by atoms with Gasteiger partial charge in [0.05, 0.1) is 19.1 Å². The molecule has 16 heavy (non-hydrogen) atoms. The summed E-state index contributed by atoms with van der Waals surface area (Å²) in [6.45, 7) is 2.06. The molecule has 0 aliphatic carbocycles. The van der Waals surface area contributed by atoms with Gasteiger partial charge in [0.1, 0.15) is 0 Å². The van der Waals surface area contributed by atoms with Crippen molar-refractivity contribution in [2.45, 2.75) is 13.3 Å². The Morgan fingerprint density at radius 3 is 2.62 bits per heavy atom. The Balaban J connectivity index is 2.68. The second-order valence-corrected chi connectivity index (χ2v) is 3.00. The first-order valence-corrected chi connectivity index (χ1v) is 4.91. The van der Waals surface area contributed by atoms with Crippen LogP contribution in [0, 0.1) is 23.2 Å². The van der Waals surface area contributed by atoms with Crippen molar-refractivity contribution in [3.63, 3.8) is 0 Å². The van der Waals surface area contributed by atoms with Gasteiger partial charge in [-0.15, -0.1) is 0 Å². The van der Waals surface area contributed by atoms with Crippen molar-refractivity contribution in [2.75, 3.05) is 6.61 Å². The van der Waals surface area contributed by atoms with Crippen LogP contribution in [0.1, 0.15) is 18.1 Å². The number of carbonyl (C=O) groups excluding carboxylic acids is 1. The Labute approximate surface area is 94.7 Å². The molecule has 80 valence electrons. The lowest BCUT2D eigenvalue weighted by molar-refractivity contribution is -0.136. The Morgan fingerprint density at radius 2 is 2.06 bits per heavy atom. The van der Waals surface area contributed by atoms with E-state index in [0.29, 0.717) is 13.0 Å². The van der Waals surface area contributed by atoms with Gasteiger partial charge in [0.25, 0.3) is 0 Å². The maximum atomic E-state index is 10.9. The molecule has 0 bridgehead atoms. The molecule has 0 aliphatic rings. The molecule has 1 aromatic rings. The first-order valence-electron chi connectivity index (χ1n) is 4.91. The third-order valence-corrected chi connectivity index (χ3v) is 1.82. The topological polar surface area (TPSA) is 50.1 Å². The van der Waals surface area contributed by atoms with Crippen LogP contribution in [0.4, 0.5) is 0 Å². The van der Waals surface area contributed by atoms with Crippen LogP contribution in [0.15, 0.2) is 24.3 Å².